The lowest BCUT2D eigenvalue weighted by Gasteiger charge is -2.24. The summed E-state index contributed by atoms with van der Waals surface area (Å²) in [4.78, 5) is 12.0. The molecular weight excluding hydrogens is 266 g/mol. The molecule has 0 radical (unpaired) electrons. The predicted octanol–water partition coefficient (Wildman–Crippen LogP) is 2.81. The normalized spacial score (nSPS) is 20.9. The molecule has 1 fully saturated rings. The molecule has 0 bridgehead atoms. The summed E-state index contributed by atoms with van der Waals surface area (Å²) in [6.45, 7) is 1.01. The third-order valence-corrected chi connectivity index (χ3v) is 4.56. The highest BCUT2D eigenvalue weighted by atomic mass is 16.5. The zero-order chi connectivity index (χ0) is 14.7. The number of rotatable bonds is 3. The van der Waals surface area contributed by atoms with Gasteiger partial charge in [-0.25, -0.2) is 0 Å². The maximum absolute atomic E-state index is 12.0. The highest BCUT2D eigenvalue weighted by Crippen LogP contribution is 2.33. The van der Waals surface area contributed by atoms with Gasteiger partial charge in [-0.3, -0.25) is 4.79 Å². The number of ether oxygens (including phenoxy) is 1. The van der Waals surface area contributed by atoms with Crippen LogP contribution in [0.5, 0.6) is 5.75 Å². The molecular formula is C17H23NO3. The largest absolute Gasteiger partial charge is 0.491 e. The molecule has 0 aromatic heterocycles. The first-order chi connectivity index (χ1) is 10.2. The SMILES string of the molecule is O=C1NCCOc2ccc(C(O)CC3CCCCC3)cc21. The Hall–Kier alpha value is -1.55. The highest BCUT2D eigenvalue weighted by Gasteiger charge is 2.22. The summed E-state index contributed by atoms with van der Waals surface area (Å²) >= 11 is 0. The standard InChI is InChI=1S/C17H23NO3/c19-15(10-12-4-2-1-3-5-12)13-6-7-16-14(11-13)17(20)18-8-9-21-16/h6-7,11-12,15,19H,1-5,8-10H2,(H,18,20). The molecule has 0 spiro atoms. The number of carbonyl (C=O) groups is 1. The molecule has 1 aromatic rings. The summed E-state index contributed by atoms with van der Waals surface area (Å²) in [6, 6.07) is 5.47. The van der Waals surface area contributed by atoms with Crippen molar-refractivity contribution in [1.29, 1.82) is 0 Å². The molecule has 1 atom stereocenters. The molecule has 21 heavy (non-hydrogen) atoms. The molecule has 4 nitrogen and oxygen atoms in total. The lowest BCUT2D eigenvalue weighted by atomic mass is 9.84. The van der Waals surface area contributed by atoms with Gasteiger partial charge in [0.25, 0.3) is 5.91 Å². The second kappa shape index (κ2) is 6.48. The van der Waals surface area contributed by atoms with Gasteiger partial charge in [0.1, 0.15) is 12.4 Å². The molecule has 1 saturated carbocycles. The number of nitrogens with one attached hydrogen (secondary N) is 1. The van der Waals surface area contributed by atoms with Gasteiger partial charge in [-0.2, -0.15) is 0 Å². The maximum atomic E-state index is 12.0. The van der Waals surface area contributed by atoms with Gasteiger partial charge in [0.05, 0.1) is 18.2 Å². The zero-order valence-electron chi connectivity index (χ0n) is 12.3. The zero-order valence-corrected chi connectivity index (χ0v) is 12.3. The predicted molar refractivity (Wildman–Crippen MR) is 80.4 cm³/mol. The third kappa shape index (κ3) is 3.38. The Morgan fingerprint density at radius 1 is 1.29 bits per heavy atom. The van der Waals surface area contributed by atoms with Gasteiger partial charge in [0.15, 0.2) is 0 Å². The monoisotopic (exact) mass is 289 g/mol. The minimum Gasteiger partial charge on any atom is -0.491 e. The van der Waals surface area contributed by atoms with E-state index >= 15 is 0 Å². The van der Waals surface area contributed by atoms with E-state index in [4.69, 9.17) is 4.74 Å². The maximum Gasteiger partial charge on any atom is 0.255 e. The Balaban J connectivity index is 1.74. The van der Waals surface area contributed by atoms with Gasteiger partial charge >= 0.3 is 0 Å². The summed E-state index contributed by atoms with van der Waals surface area (Å²) in [6.07, 6.45) is 6.60. The van der Waals surface area contributed by atoms with Crippen LogP contribution < -0.4 is 10.1 Å². The van der Waals surface area contributed by atoms with Crippen molar-refractivity contribution in [3.63, 3.8) is 0 Å². The van der Waals surface area contributed by atoms with Gasteiger partial charge in [-0.15, -0.1) is 0 Å². The van der Waals surface area contributed by atoms with E-state index in [9.17, 15) is 9.90 Å². The minimum absolute atomic E-state index is 0.116. The van der Waals surface area contributed by atoms with Crippen LogP contribution in [0, 0.1) is 5.92 Å². The van der Waals surface area contributed by atoms with Crippen LogP contribution in [-0.4, -0.2) is 24.2 Å². The van der Waals surface area contributed by atoms with Gasteiger partial charge in [0, 0.05) is 0 Å². The number of aliphatic hydroxyl groups is 1. The van der Waals surface area contributed by atoms with Crippen molar-refractivity contribution in [3.8, 4) is 5.75 Å². The average molecular weight is 289 g/mol. The molecule has 1 aliphatic carbocycles. The fourth-order valence-electron chi connectivity index (χ4n) is 3.35. The highest BCUT2D eigenvalue weighted by molar-refractivity contribution is 5.97. The first-order valence-electron chi connectivity index (χ1n) is 7.97. The van der Waals surface area contributed by atoms with Crippen LogP contribution in [0.25, 0.3) is 0 Å². The number of carbonyl (C=O) groups excluding carboxylic acids is 1. The lowest BCUT2D eigenvalue weighted by Crippen LogP contribution is -2.24. The van der Waals surface area contributed by atoms with Gasteiger partial charge in [-0.1, -0.05) is 38.2 Å². The third-order valence-electron chi connectivity index (χ3n) is 4.56. The van der Waals surface area contributed by atoms with E-state index in [0.29, 0.717) is 30.4 Å². The Labute approximate surface area is 125 Å². The fraction of sp³-hybridized carbons (Fsp3) is 0.588. The molecule has 1 aliphatic heterocycles. The van der Waals surface area contributed by atoms with E-state index in [-0.39, 0.29) is 5.91 Å². The van der Waals surface area contributed by atoms with Crippen molar-refractivity contribution in [1.82, 2.24) is 5.32 Å². The Bertz CT molecular complexity index is 509. The van der Waals surface area contributed by atoms with Gasteiger partial charge < -0.3 is 15.2 Å². The summed E-state index contributed by atoms with van der Waals surface area (Å²) in [5.41, 5.74) is 1.35. The average Bonchev–Trinajstić information content (AvgIpc) is 2.70. The van der Waals surface area contributed by atoms with E-state index in [2.05, 4.69) is 5.32 Å². The number of benzene rings is 1. The summed E-state index contributed by atoms with van der Waals surface area (Å²) in [5, 5.41) is 13.3. The minimum atomic E-state index is -0.491. The van der Waals surface area contributed by atoms with Crippen LogP contribution >= 0.6 is 0 Å². The summed E-state index contributed by atoms with van der Waals surface area (Å²) in [5.74, 6) is 1.10. The fourth-order valence-corrected chi connectivity index (χ4v) is 3.35. The van der Waals surface area contributed by atoms with E-state index in [1.54, 1.807) is 12.1 Å². The Morgan fingerprint density at radius 2 is 2.10 bits per heavy atom. The first-order valence-corrected chi connectivity index (χ1v) is 7.97. The molecule has 2 aliphatic rings. The molecule has 1 aromatic carbocycles. The quantitative estimate of drug-likeness (QED) is 0.899. The molecule has 1 heterocycles. The number of hydrogen-bond donors (Lipinski definition) is 2. The molecule has 4 heteroatoms. The van der Waals surface area contributed by atoms with Crippen molar-refractivity contribution in [3.05, 3.63) is 29.3 Å². The van der Waals surface area contributed by atoms with Crippen LogP contribution in [0.3, 0.4) is 0 Å². The topological polar surface area (TPSA) is 58.6 Å². The molecule has 0 saturated heterocycles. The second-order valence-corrected chi connectivity index (χ2v) is 6.12. The summed E-state index contributed by atoms with van der Waals surface area (Å²) < 4.78 is 5.54. The molecule has 3 rings (SSSR count). The van der Waals surface area contributed by atoms with Crippen molar-refractivity contribution < 1.29 is 14.6 Å². The summed E-state index contributed by atoms with van der Waals surface area (Å²) in [7, 11) is 0. The van der Waals surface area contributed by atoms with Crippen molar-refractivity contribution in [2.45, 2.75) is 44.6 Å². The Morgan fingerprint density at radius 3 is 2.90 bits per heavy atom. The molecule has 1 unspecified atom stereocenters. The lowest BCUT2D eigenvalue weighted by molar-refractivity contribution is 0.0956. The smallest absolute Gasteiger partial charge is 0.255 e. The van der Waals surface area contributed by atoms with E-state index < -0.39 is 6.10 Å². The van der Waals surface area contributed by atoms with Gasteiger partial charge in [0.2, 0.25) is 0 Å². The molecule has 1 amide bonds. The molecule has 2 N–H and O–H groups in total. The number of hydrogen-bond acceptors (Lipinski definition) is 3. The van der Waals surface area contributed by atoms with Crippen LogP contribution in [0.1, 0.15) is 60.6 Å². The van der Waals surface area contributed by atoms with Crippen LogP contribution in [-0.2, 0) is 0 Å². The Kier molecular flexibility index (Phi) is 4.44. The van der Waals surface area contributed by atoms with Gasteiger partial charge in [-0.05, 0) is 30.0 Å². The second-order valence-electron chi connectivity index (χ2n) is 6.12. The van der Waals surface area contributed by atoms with Crippen molar-refractivity contribution in [2.24, 2.45) is 5.92 Å². The van der Waals surface area contributed by atoms with E-state index in [0.717, 1.165) is 12.0 Å². The van der Waals surface area contributed by atoms with E-state index in [1.165, 1.54) is 32.1 Å². The number of aliphatic hydroxyl groups excluding tert-OH is 1. The van der Waals surface area contributed by atoms with E-state index in [1.807, 2.05) is 6.07 Å². The molecule has 114 valence electrons. The van der Waals surface area contributed by atoms with Crippen LogP contribution in [0.15, 0.2) is 18.2 Å². The number of fused-ring (bicyclic) bond motifs is 1. The van der Waals surface area contributed by atoms with Crippen LogP contribution in [0.2, 0.25) is 0 Å². The van der Waals surface area contributed by atoms with Crippen molar-refractivity contribution in [2.75, 3.05) is 13.2 Å². The first kappa shape index (κ1) is 14.4. The van der Waals surface area contributed by atoms with Crippen LogP contribution in [0.4, 0.5) is 0 Å². The van der Waals surface area contributed by atoms with Crippen molar-refractivity contribution >= 4 is 5.91 Å². The number of amides is 1.